The van der Waals surface area contributed by atoms with Gasteiger partial charge >= 0.3 is 0 Å². The zero-order valence-corrected chi connectivity index (χ0v) is 16.4. The fourth-order valence-electron chi connectivity index (χ4n) is 7.81. The molecule has 6 rings (SSSR count). The van der Waals surface area contributed by atoms with Crippen molar-refractivity contribution in [2.75, 3.05) is 32.7 Å². The first-order valence-corrected chi connectivity index (χ1v) is 11.8. The van der Waals surface area contributed by atoms with Crippen molar-refractivity contribution in [1.29, 1.82) is 0 Å². The van der Waals surface area contributed by atoms with Crippen molar-refractivity contribution in [2.24, 2.45) is 29.6 Å². The summed E-state index contributed by atoms with van der Waals surface area (Å²) in [5.74, 6) is 5.64. The summed E-state index contributed by atoms with van der Waals surface area (Å²) >= 11 is 0. The van der Waals surface area contributed by atoms with Crippen LogP contribution in [0.5, 0.6) is 0 Å². The monoisotopic (exact) mass is 344 g/mol. The van der Waals surface area contributed by atoms with E-state index in [0.717, 1.165) is 35.6 Å². The van der Waals surface area contributed by atoms with E-state index in [9.17, 15) is 0 Å². The highest BCUT2D eigenvalue weighted by atomic mass is 15.2. The minimum Gasteiger partial charge on any atom is -0.302 e. The van der Waals surface area contributed by atoms with Crippen LogP contribution in [-0.4, -0.2) is 48.6 Å². The summed E-state index contributed by atoms with van der Waals surface area (Å²) in [4.78, 5) is 5.68. The largest absolute Gasteiger partial charge is 0.302 e. The van der Waals surface area contributed by atoms with E-state index in [0.29, 0.717) is 0 Å². The molecule has 0 N–H and O–H groups in total. The molecule has 2 heteroatoms. The molecule has 2 nitrogen and oxygen atoms in total. The Morgan fingerprint density at radius 1 is 0.640 bits per heavy atom. The zero-order chi connectivity index (χ0) is 16.6. The Morgan fingerprint density at radius 3 is 2.04 bits per heavy atom. The van der Waals surface area contributed by atoms with E-state index < -0.39 is 0 Å². The van der Waals surface area contributed by atoms with Crippen LogP contribution in [0.15, 0.2) is 0 Å². The fraction of sp³-hybridized carbons (Fsp3) is 1.00. The van der Waals surface area contributed by atoms with Crippen LogP contribution < -0.4 is 0 Å². The Bertz CT molecular complexity index is 413. The quantitative estimate of drug-likeness (QED) is 0.707. The molecule has 4 aliphatic carbocycles. The number of hydrogen-bond donors (Lipinski definition) is 0. The molecular formula is C23H40N2. The van der Waals surface area contributed by atoms with E-state index in [4.69, 9.17) is 0 Å². The van der Waals surface area contributed by atoms with Gasteiger partial charge in [0.05, 0.1) is 0 Å². The van der Waals surface area contributed by atoms with Gasteiger partial charge in [0.1, 0.15) is 0 Å². The molecule has 2 saturated heterocycles. The summed E-state index contributed by atoms with van der Waals surface area (Å²) in [6.07, 6.45) is 18.4. The summed E-state index contributed by atoms with van der Waals surface area (Å²) in [6, 6.07) is 0.932. The lowest BCUT2D eigenvalue weighted by Gasteiger charge is -2.56. The molecule has 4 bridgehead atoms. The summed E-state index contributed by atoms with van der Waals surface area (Å²) in [6.45, 7) is 6.84. The van der Waals surface area contributed by atoms with E-state index in [2.05, 4.69) is 9.80 Å². The number of likely N-dealkylation sites (tertiary alicyclic amines) is 2. The van der Waals surface area contributed by atoms with Crippen molar-refractivity contribution >= 4 is 0 Å². The smallest absolute Gasteiger partial charge is 0.0112 e. The SMILES string of the molecule is C1CCN(CCN2CCCCC2CC2C3CC4CC(C3)CC2C4)CC1. The first-order valence-electron chi connectivity index (χ1n) is 11.8. The predicted molar refractivity (Wildman–Crippen MR) is 105 cm³/mol. The van der Waals surface area contributed by atoms with E-state index in [-0.39, 0.29) is 0 Å². The minimum absolute atomic E-state index is 0.932. The van der Waals surface area contributed by atoms with Gasteiger partial charge in [-0.2, -0.15) is 0 Å². The molecule has 0 radical (unpaired) electrons. The van der Waals surface area contributed by atoms with Crippen molar-refractivity contribution in [3.8, 4) is 0 Å². The molecule has 1 atom stereocenters. The number of piperidine rings is 2. The summed E-state index contributed by atoms with van der Waals surface area (Å²) in [5.41, 5.74) is 0. The highest BCUT2D eigenvalue weighted by Gasteiger charge is 2.48. The van der Waals surface area contributed by atoms with Crippen LogP contribution in [0.3, 0.4) is 0 Å². The predicted octanol–water partition coefficient (Wildman–Crippen LogP) is 4.79. The third-order valence-electron chi connectivity index (χ3n) is 8.87. The summed E-state index contributed by atoms with van der Waals surface area (Å²) in [7, 11) is 0. The highest BCUT2D eigenvalue weighted by Crippen LogP contribution is 2.57. The summed E-state index contributed by atoms with van der Waals surface area (Å²) < 4.78 is 0. The Morgan fingerprint density at radius 2 is 1.32 bits per heavy atom. The molecule has 0 aromatic carbocycles. The molecule has 0 amide bonds. The molecule has 6 fully saturated rings. The van der Waals surface area contributed by atoms with Gasteiger partial charge in [0.2, 0.25) is 0 Å². The molecule has 1 unspecified atom stereocenters. The van der Waals surface area contributed by atoms with Gasteiger partial charge in [0, 0.05) is 19.1 Å². The second-order valence-electron chi connectivity index (χ2n) is 10.4. The third kappa shape index (κ3) is 3.68. The van der Waals surface area contributed by atoms with Crippen molar-refractivity contribution in [2.45, 2.75) is 83.1 Å². The first kappa shape index (κ1) is 17.0. The van der Waals surface area contributed by atoms with Crippen molar-refractivity contribution in [3.05, 3.63) is 0 Å². The van der Waals surface area contributed by atoms with E-state index in [1.807, 2.05) is 0 Å². The minimum atomic E-state index is 0.932. The first-order chi connectivity index (χ1) is 12.3. The van der Waals surface area contributed by atoms with Gasteiger partial charge in [0.15, 0.2) is 0 Å². The van der Waals surface area contributed by atoms with E-state index in [1.54, 1.807) is 38.5 Å². The second-order valence-corrected chi connectivity index (χ2v) is 10.4. The number of nitrogens with zero attached hydrogens (tertiary/aromatic N) is 2. The van der Waals surface area contributed by atoms with Crippen molar-refractivity contribution < 1.29 is 0 Å². The van der Waals surface area contributed by atoms with Crippen LogP contribution in [0.1, 0.15) is 77.0 Å². The lowest BCUT2D eigenvalue weighted by molar-refractivity contribution is -0.0527. The van der Waals surface area contributed by atoms with Crippen LogP contribution in [0.2, 0.25) is 0 Å². The lowest BCUT2D eigenvalue weighted by atomic mass is 9.51. The maximum atomic E-state index is 2.93. The number of rotatable bonds is 5. The maximum absolute atomic E-state index is 2.93. The van der Waals surface area contributed by atoms with Crippen molar-refractivity contribution in [1.82, 2.24) is 9.80 Å². The van der Waals surface area contributed by atoms with Gasteiger partial charge < -0.3 is 4.90 Å². The number of hydrogen-bond acceptors (Lipinski definition) is 2. The molecular weight excluding hydrogens is 304 g/mol. The van der Waals surface area contributed by atoms with Gasteiger partial charge in [-0.15, -0.1) is 0 Å². The molecule has 142 valence electrons. The Kier molecular flexibility index (Phi) is 5.12. The van der Waals surface area contributed by atoms with Crippen LogP contribution in [0.25, 0.3) is 0 Å². The van der Waals surface area contributed by atoms with Gasteiger partial charge in [-0.05, 0) is 113 Å². The van der Waals surface area contributed by atoms with Crippen molar-refractivity contribution in [3.63, 3.8) is 0 Å². The van der Waals surface area contributed by atoms with Gasteiger partial charge in [-0.25, -0.2) is 0 Å². The molecule has 0 aromatic heterocycles. The molecule has 6 aliphatic rings. The van der Waals surface area contributed by atoms with Gasteiger partial charge in [-0.3, -0.25) is 4.90 Å². The van der Waals surface area contributed by atoms with Crippen LogP contribution in [0.4, 0.5) is 0 Å². The normalized spacial score (nSPS) is 45.1. The third-order valence-corrected chi connectivity index (χ3v) is 8.87. The molecule has 2 heterocycles. The topological polar surface area (TPSA) is 6.48 Å². The standard InChI is InChI=1S/C23H40N2/c1-3-7-24(8-4-1)10-11-25-9-5-2-6-22(25)17-23-20-13-18-12-19(15-20)16-21(23)14-18/h18-23H,1-17H2. The Balaban J connectivity index is 1.18. The van der Waals surface area contributed by atoms with Crippen LogP contribution in [-0.2, 0) is 0 Å². The molecule has 25 heavy (non-hydrogen) atoms. The van der Waals surface area contributed by atoms with Crippen LogP contribution in [0, 0.1) is 29.6 Å². The highest BCUT2D eigenvalue weighted by molar-refractivity contribution is 4.99. The lowest BCUT2D eigenvalue weighted by Crippen LogP contribution is -2.50. The van der Waals surface area contributed by atoms with Gasteiger partial charge in [0.25, 0.3) is 0 Å². The average Bonchev–Trinajstić information content (AvgIpc) is 2.64. The molecule has 0 aromatic rings. The molecule has 4 saturated carbocycles. The summed E-state index contributed by atoms with van der Waals surface area (Å²) in [5, 5.41) is 0. The second kappa shape index (κ2) is 7.50. The maximum Gasteiger partial charge on any atom is 0.0112 e. The van der Waals surface area contributed by atoms with Crippen LogP contribution >= 0.6 is 0 Å². The average molecular weight is 345 g/mol. The zero-order valence-electron chi connectivity index (χ0n) is 16.4. The fourth-order valence-corrected chi connectivity index (χ4v) is 7.81. The molecule has 2 aliphatic heterocycles. The Hall–Kier alpha value is -0.0800. The van der Waals surface area contributed by atoms with E-state index in [1.165, 1.54) is 71.2 Å². The van der Waals surface area contributed by atoms with Gasteiger partial charge in [-0.1, -0.05) is 12.8 Å². The molecule has 0 spiro atoms. The van der Waals surface area contributed by atoms with E-state index >= 15 is 0 Å². The Labute approximate surface area is 155 Å².